The van der Waals surface area contributed by atoms with Crippen LogP contribution in [-0.4, -0.2) is 23.0 Å². The monoisotopic (exact) mass is 291 g/mol. The summed E-state index contributed by atoms with van der Waals surface area (Å²) in [5.74, 6) is -1.09. The Kier molecular flexibility index (Phi) is 4.47. The number of carbonyl (C=O) groups is 1. The molecule has 0 bridgehead atoms. The second-order valence-electron chi connectivity index (χ2n) is 4.62. The summed E-state index contributed by atoms with van der Waals surface area (Å²) in [6, 6.07) is 5.44. The molecule has 0 radical (unpaired) electrons. The van der Waals surface area contributed by atoms with Gasteiger partial charge in [0, 0.05) is 30.7 Å². The van der Waals surface area contributed by atoms with Crippen LogP contribution in [0.5, 0.6) is 0 Å². The summed E-state index contributed by atoms with van der Waals surface area (Å²) in [5, 5.41) is 2.66. The third kappa shape index (κ3) is 3.53. The highest BCUT2D eigenvalue weighted by Gasteiger charge is 2.20. The average molecular weight is 291 g/mol. The normalized spacial score (nSPS) is 11.8. The predicted octanol–water partition coefficient (Wildman–Crippen LogP) is 3.58. The lowest BCUT2D eigenvalue weighted by molar-refractivity contribution is 0.207. The number of rotatable bonds is 3. The van der Waals surface area contributed by atoms with Crippen LogP contribution in [0.2, 0.25) is 0 Å². The van der Waals surface area contributed by atoms with E-state index in [4.69, 9.17) is 0 Å². The van der Waals surface area contributed by atoms with Crippen LogP contribution in [0.15, 0.2) is 42.7 Å². The van der Waals surface area contributed by atoms with Crippen molar-refractivity contribution in [1.82, 2.24) is 9.88 Å². The van der Waals surface area contributed by atoms with Crippen molar-refractivity contribution in [2.24, 2.45) is 0 Å². The van der Waals surface area contributed by atoms with Crippen LogP contribution in [0.3, 0.4) is 0 Å². The van der Waals surface area contributed by atoms with E-state index >= 15 is 0 Å². The van der Waals surface area contributed by atoms with Gasteiger partial charge in [0.2, 0.25) is 0 Å². The summed E-state index contributed by atoms with van der Waals surface area (Å²) in [6.07, 6.45) is 3.09. The fourth-order valence-corrected chi connectivity index (χ4v) is 1.87. The Hall–Kier alpha value is -2.50. The summed E-state index contributed by atoms with van der Waals surface area (Å²) in [5.41, 5.74) is 0.705. The van der Waals surface area contributed by atoms with Gasteiger partial charge in [0.1, 0.15) is 11.6 Å². The van der Waals surface area contributed by atoms with Crippen LogP contribution in [0, 0.1) is 11.6 Å². The van der Waals surface area contributed by atoms with E-state index in [1.807, 2.05) is 0 Å². The SMILES string of the molecule is CC(c1cc(F)ccc1F)N(C)C(=O)Nc1ccncc1. The van der Waals surface area contributed by atoms with Gasteiger partial charge in [-0.25, -0.2) is 13.6 Å². The van der Waals surface area contributed by atoms with Crippen LogP contribution >= 0.6 is 0 Å². The molecule has 1 heterocycles. The Morgan fingerprint density at radius 2 is 1.90 bits per heavy atom. The van der Waals surface area contributed by atoms with Crippen LogP contribution in [-0.2, 0) is 0 Å². The summed E-state index contributed by atoms with van der Waals surface area (Å²) in [6.45, 7) is 1.63. The molecule has 1 atom stereocenters. The summed E-state index contributed by atoms with van der Waals surface area (Å²) in [7, 11) is 1.52. The fraction of sp³-hybridized carbons (Fsp3) is 0.200. The molecule has 0 saturated carbocycles. The minimum atomic E-state index is -0.609. The van der Waals surface area contributed by atoms with Gasteiger partial charge in [-0.05, 0) is 37.3 Å². The topological polar surface area (TPSA) is 45.2 Å². The number of halogens is 2. The highest BCUT2D eigenvalue weighted by molar-refractivity contribution is 5.89. The number of pyridine rings is 1. The van der Waals surface area contributed by atoms with Crippen LogP contribution in [0.1, 0.15) is 18.5 Å². The minimum Gasteiger partial charge on any atom is -0.321 e. The number of carbonyl (C=O) groups excluding carboxylic acids is 1. The van der Waals surface area contributed by atoms with Gasteiger partial charge in [-0.3, -0.25) is 4.98 Å². The van der Waals surface area contributed by atoms with Crippen molar-refractivity contribution in [3.8, 4) is 0 Å². The number of hydrogen-bond acceptors (Lipinski definition) is 2. The molecule has 2 amide bonds. The first-order chi connectivity index (χ1) is 9.99. The van der Waals surface area contributed by atoms with Crippen LogP contribution in [0.4, 0.5) is 19.3 Å². The summed E-state index contributed by atoms with van der Waals surface area (Å²) in [4.78, 5) is 17.3. The van der Waals surface area contributed by atoms with E-state index in [9.17, 15) is 13.6 Å². The number of hydrogen-bond donors (Lipinski definition) is 1. The predicted molar refractivity (Wildman–Crippen MR) is 75.8 cm³/mol. The third-order valence-electron chi connectivity index (χ3n) is 3.24. The van der Waals surface area contributed by atoms with E-state index in [1.165, 1.54) is 11.9 Å². The van der Waals surface area contributed by atoms with Gasteiger partial charge < -0.3 is 10.2 Å². The molecule has 1 unspecified atom stereocenters. The molecule has 2 aromatic rings. The molecule has 2 rings (SSSR count). The zero-order valence-electron chi connectivity index (χ0n) is 11.7. The number of aromatic nitrogens is 1. The molecule has 1 aromatic heterocycles. The van der Waals surface area contributed by atoms with Gasteiger partial charge in [-0.15, -0.1) is 0 Å². The zero-order valence-corrected chi connectivity index (χ0v) is 11.7. The minimum absolute atomic E-state index is 0.127. The maximum absolute atomic E-state index is 13.7. The van der Waals surface area contributed by atoms with E-state index in [2.05, 4.69) is 10.3 Å². The standard InChI is InChI=1S/C15H15F2N3O/c1-10(13-9-11(16)3-4-14(13)17)20(2)15(21)19-12-5-7-18-8-6-12/h3-10H,1-2H3,(H,18,19,21). The van der Waals surface area contributed by atoms with Gasteiger partial charge >= 0.3 is 6.03 Å². The van der Waals surface area contributed by atoms with Gasteiger partial charge in [-0.1, -0.05) is 0 Å². The lowest BCUT2D eigenvalue weighted by Crippen LogP contribution is -2.34. The molecule has 1 aromatic carbocycles. The Morgan fingerprint density at radius 3 is 2.57 bits per heavy atom. The molecule has 0 fully saturated rings. The first-order valence-corrected chi connectivity index (χ1v) is 6.38. The molecule has 21 heavy (non-hydrogen) atoms. The van der Waals surface area contributed by atoms with Crippen molar-refractivity contribution >= 4 is 11.7 Å². The largest absolute Gasteiger partial charge is 0.322 e. The third-order valence-corrected chi connectivity index (χ3v) is 3.24. The molecule has 110 valence electrons. The maximum atomic E-state index is 13.7. The van der Waals surface area contributed by atoms with Gasteiger partial charge in [-0.2, -0.15) is 0 Å². The van der Waals surface area contributed by atoms with Gasteiger partial charge in [0.15, 0.2) is 0 Å². The maximum Gasteiger partial charge on any atom is 0.322 e. The first-order valence-electron chi connectivity index (χ1n) is 6.38. The van der Waals surface area contributed by atoms with E-state index in [0.717, 1.165) is 18.2 Å². The molecule has 0 aliphatic rings. The smallest absolute Gasteiger partial charge is 0.321 e. The van der Waals surface area contributed by atoms with Crippen molar-refractivity contribution < 1.29 is 13.6 Å². The number of amides is 2. The average Bonchev–Trinajstić information content (AvgIpc) is 2.49. The molecule has 6 heteroatoms. The lowest BCUT2D eigenvalue weighted by atomic mass is 10.1. The van der Waals surface area contributed by atoms with Crippen LogP contribution < -0.4 is 5.32 Å². The second kappa shape index (κ2) is 6.30. The molecular weight excluding hydrogens is 276 g/mol. The molecule has 0 spiro atoms. The van der Waals surface area contributed by atoms with Crippen molar-refractivity contribution in [3.05, 3.63) is 59.9 Å². The number of nitrogens with zero attached hydrogens (tertiary/aromatic N) is 2. The number of nitrogens with one attached hydrogen (secondary N) is 1. The zero-order chi connectivity index (χ0) is 15.4. The fourth-order valence-electron chi connectivity index (χ4n) is 1.87. The summed E-state index contributed by atoms with van der Waals surface area (Å²) < 4.78 is 27.0. The molecule has 0 saturated heterocycles. The van der Waals surface area contributed by atoms with E-state index in [1.54, 1.807) is 31.5 Å². The lowest BCUT2D eigenvalue weighted by Gasteiger charge is -2.26. The van der Waals surface area contributed by atoms with E-state index in [0.29, 0.717) is 5.69 Å². The van der Waals surface area contributed by atoms with Crippen molar-refractivity contribution in [3.63, 3.8) is 0 Å². The first kappa shape index (κ1) is 14.9. The highest BCUT2D eigenvalue weighted by atomic mass is 19.1. The Balaban J connectivity index is 2.13. The van der Waals surface area contributed by atoms with Gasteiger partial charge in [0.05, 0.1) is 6.04 Å². The van der Waals surface area contributed by atoms with Crippen molar-refractivity contribution in [2.75, 3.05) is 12.4 Å². The molecule has 4 nitrogen and oxygen atoms in total. The van der Waals surface area contributed by atoms with Crippen LogP contribution in [0.25, 0.3) is 0 Å². The Labute approximate surface area is 121 Å². The Morgan fingerprint density at radius 1 is 1.24 bits per heavy atom. The van der Waals surface area contributed by atoms with Gasteiger partial charge in [0.25, 0.3) is 0 Å². The molecule has 0 aliphatic carbocycles. The quantitative estimate of drug-likeness (QED) is 0.939. The Bertz CT molecular complexity index is 634. The van der Waals surface area contributed by atoms with E-state index in [-0.39, 0.29) is 5.56 Å². The summed E-state index contributed by atoms with van der Waals surface area (Å²) >= 11 is 0. The second-order valence-corrected chi connectivity index (χ2v) is 4.62. The molecule has 1 N–H and O–H groups in total. The highest BCUT2D eigenvalue weighted by Crippen LogP contribution is 2.23. The van der Waals surface area contributed by atoms with Crippen molar-refractivity contribution in [2.45, 2.75) is 13.0 Å². The molecular formula is C15H15F2N3O. The van der Waals surface area contributed by atoms with Crippen molar-refractivity contribution in [1.29, 1.82) is 0 Å². The van der Waals surface area contributed by atoms with E-state index < -0.39 is 23.7 Å². The number of benzene rings is 1. The number of urea groups is 1. The number of anilines is 1. The molecule has 0 aliphatic heterocycles.